The molecule has 0 aliphatic heterocycles. The lowest BCUT2D eigenvalue weighted by atomic mass is 9.80. The number of aliphatic carboxylic acids is 1. The maximum Gasteiger partial charge on any atom is 0.306 e. The Kier molecular flexibility index (Phi) is 4.60. The molecule has 0 unspecified atom stereocenters. The van der Waals surface area contributed by atoms with Crippen LogP contribution in [0.2, 0.25) is 5.22 Å². The standard InChI is InChI=1S/C12H15ClFNO5S/c13-9-1-2-10(20-9)21(18,19)15-7-12(14)5-3-8(4-6-12)11(16)17/h1-2,8,15H,3-7H2,(H,16,17). The van der Waals surface area contributed by atoms with Crippen LogP contribution in [0.1, 0.15) is 25.7 Å². The van der Waals surface area contributed by atoms with Gasteiger partial charge in [-0.2, -0.15) is 0 Å². The Morgan fingerprint density at radius 1 is 1.48 bits per heavy atom. The smallest absolute Gasteiger partial charge is 0.306 e. The molecule has 1 aliphatic rings. The summed E-state index contributed by atoms with van der Waals surface area (Å²) in [5.41, 5.74) is -1.74. The van der Waals surface area contributed by atoms with Crippen molar-refractivity contribution in [3.05, 3.63) is 17.4 Å². The zero-order valence-corrected chi connectivity index (χ0v) is 12.6. The van der Waals surface area contributed by atoms with E-state index in [2.05, 4.69) is 4.72 Å². The Labute approximate surface area is 126 Å². The van der Waals surface area contributed by atoms with Crippen LogP contribution in [0.3, 0.4) is 0 Å². The van der Waals surface area contributed by atoms with Crippen LogP contribution in [0.15, 0.2) is 21.6 Å². The van der Waals surface area contributed by atoms with E-state index < -0.39 is 34.1 Å². The van der Waals surface area contributed by atoms with Crippen LogP contribution in [0, 0.1) is 5.92 Å². The van der Waals surface area contributed by atoms with E-state index in [0.29, 0.717) is 0 Å². The van der Waals surface area contributed by atoms with Crippen molar-refractivity contribution >= 4 is 27.6 Å². The highest BCUT2D eigenvalue weighted by atomic mass is 35.5. The SMILES string of the molecule is O=C(O)C1CCC(F)(CNS(=O)(=O)c2ccc(Cl)o2)CC1. The molecular weight excluding hydrogens is 325 g/mol. The molecule has 0 bridgehead atoms. The molecule has 0 radical (unpaired) electrons. The number of rotatable bonds is 5. The molecule has 6 nitrogen and oxygen atoms in total. The minimum atomic E-state index is -3.96. The van der Waals surface area contributed by atoms with Gasteiger partial charge in [0.25, 0.3) is 10.0 Å². The molecular formula is C12H15ClFNO5S. The number of alkyl halides is 1. The predicted molar refractivity (Wildman–Crippen MR) is 72.3 cm³/mol. The molecule has 1 aliphatic carbocycles. The zero-order chi connectivity index (χ0) is 15.7. The first-order chi connectivity index (χ1) is 9.72. The van der Waals surface area contributed by atoms with Crippen LogP contribution < -0.4 is 4.72 Å². The summed E-state index contributed by atoms with van der Waals surface area (Å²) in [6, 6.07) is 2.45. The zero-order valence-electron chi connectivity index (χ0n) is 11.0. The molecule has 9 heteroatoms. The number of carboxylic acid groups (broad SMARTS) is 1. The Hall–Kier alpha value is -1.12. The predicted octanol–water partition coefficient (Wildman–Crippen LogP) is 2.19. The summed E-state index contributed by atoms with van der Waals surface area (Å²) in [6.07, 6.45) is 0.400. The second-order valence-corrected chi connectivity index (χ2v) is 7.22. The summed E-state index contributed by atoms with van der Waals surface area (Å²) in [5.74, 6) is -1.50. The van der Waals surface area contributed by atoms with E-state index in [1.807, 2.05) is 0 Å². The van der Waals surface area contributed by atoms with Crippen molar-refractivity contribution in [2.75, 3.05) is 6.54 Å². The third kappa shape index (κ3) is 3.96. The van der Waals surface area contributed by atoms with E-state index in [1.165, 1.54) is 12.1 Å². The van der Waals surface area contributed by atoms with Crippen LogP contribution in [-0.4, -0.2) is 31.7 Å². The highest BCUT2D eigenvalue weighted by Gasteiger charge is 2.38. The number of nitrogens with one attached hydrogen (secondary N) is 1. The van der Waals surface area contributed by atoms with Crippen LogP contribution >= 0.6 is 11.6 Å². The van der Waals surface area contributed by atoms with Gasteiger partial charge < -0.3 is 9.52 Å². The second-order valence-electron chi connectivity index (χ2n) is 5.15. The lowest BCUT2D eigenvalue weighted by molar-refractivity contribution is -0.143. The van der Waals surface area contributed by atoms with Crippen molar-refractivity contribution in [2.45, 2.75) is 36.4 Å². The van der Waals surface area contributed by atoms with Gasteiger partial charge in [0, 0.05) is 6.54 Å². The van der Waals surface area contributed by atoms with E-state index in [4.69, 9.17) is 21.1 Å². The Morgan fingerprint density at radius 3 is 2.57 bits per heavy atom. The lowest BCUT2D eigenvalue weighted by Gasteiger charge is -2.32. The normalized spacial score (nSPS) is 26.7. The molecule has 2 N–H and O–H groups in total. The average molecular weight is 340 g/mol. The van der Waals surface area contributed by atoms with Gasteiger partial charge in [0.05, 0.1) is 5.92 Å². The van der Waals surface area contributed by atoms with Crippen molar-refractivity contribution in [3.63, 3.8) is 0 Å². The lowest BCUT2D eigenvalue weighted by Crippen LogP contribution is -2.42. The van der Waals surface area contributed by atoms with E-state index in [1.54, 1.807) is 0 Å². The third-order valence-electron chi connectivity index (χ3n) is 3.62. The van der Waals surface area contributed by atoms with Gasteiger partial charge in [0.1, 0.15) is 5.67 Å². The average Bonchev–Trinajstić information content (AvgIpc) is 2.85. The molecule has 0 atom stereocenters. The van der Waals surface area contributed by atoms with Gasteiger partial charge in [-0.3, -0.25) is 4.79 Å². The number of halogens is 2. The molecule has 1 aromatic rings. The first-order valence-corrected chi connectivity index (χ1v) is 8.25. The number of hydrogen-bond donors (Lipinski definition) is 2. The Morgan fingerprint density at radius 2 is 2.10 bits per heavy atom. The van der Waals surface area contributed by atoms with Crippen molar-refractivity contribution in [3.8, 4) is 0 Å². The highest BCUT2D eigenvalue weighted by molar-refractivity contribution is 7.89. The minimum absolute atomic E-state index is 0.00535. The minimum Gasteiger partial charge on any atom is -0.481 e. The molecule has 1 saturated carbocycles. The number of sulfonamides is 1. The first-order valence-electron chi connectivity index (χ1n) is 6.39. The maximum absolute atomic E-state index is 14.5. The summed E-state index contributed by atoms with van der Waals surface area (Å²) < 4.78 is 45.2. The van der Waals surface area contributed by atoms with E-state index >= 15 is 0 Å². The summed E-state index contributed by atoms with van der Waals surface area (Å²) in [5, 5.41) is 8.40. The van der Waals surface area contributed by atoms with Gasteiger partial charge in [0.2, 0.25) is 5.09 Å². The van der Waals surface area contributed by atoms with Gasteiger partial charge in [-0.25, -0.2) is 17.5 Å². The molecule has 118 valence electrons. The van der Waals surface area contributed by atoms with Gasteiger partial charge in [-0.15, -0.1) is 0 Å². The van der Waals surface area contributed by atoms with Crippen molar-refractivity contribution in [1.29, 1.82) is 0 Å². The van der Waals surface area contributed by atoms with E-state index in [9.17, 15) is 17.6 Å². The fourth-order valence-corrected chi connectivity index (χ4v) is 3.53. The first kappa shape index (κ1) is 16.3. The largest absolute Gasteiger partial charge is 0.481 e. The Balaban J connectivity index is 1.95. The molecule has 1 heterocycles. The number of carbonyl (C=O) groups is 1. The summed E-state index contributed by atoms with van der Waals surface area (Å²) >= 11 is 5.50. The molecule has 0 saturated heterocycles. The van der Waals surface area contributed by atoms with Crippen LogP contribution in [-0.2, 0) is 14.8 Å². The quantitative estimate of drug-likeness (QED) is 0.857. The molecule has 0 spiro atoms. The summed E-state index contributed by atoms with van der Waals surface area (Å²) in [7, 11) is -3.96. The van der Waals surface area contributed by atoms with Crippen molar-refractivity contribution in [1.82, 2.24) is 4.72 Å². The highest BCUT2D eigenvalue weighted by Crippen LogP contribution is 2.35. The summed E-state index contributed by atoms with van der Waals surface area (Å²) in [6.45, 7) is -0.417. The van der Waals surface area contributed by atoms with Gasteiger partial charge in [0.15, 0.2) is 5.22 Å². The number of hydrogen-bond acceptors (Lipinski definition) is 4. The van der Waals surface area contributed by atoms with Gasteiger partial charge in [-0.05, 0) is 49.4 Å². The summed E-state index contributed by atoms with van der Waals surface area (Å²) in [4.78, 5) is 10.8. The van der Waals surface area contributed by atoms with Crippen molar-refractivity contribution < 1.29 is 27.1 Å². The van der Waals surface area contributed by atoms with Crippen molar-refractivity contribution in [2.24, 2.45) is 5.92 Å². The number of furan rings is 1. The van der Waals surface area contributed by atoms with Gasteiger partial charge >= 0.3 is 5.97 Å². The molecule has 21 heavy (non-hydrogen) atoms. The third-order valence-corrected chi connectivity index (χ3v) is 5.10. The van der Waals surface area contributed by atoms with Gasteiger partial charge in [-0.1, -0.05) is 0 Å². The van der Waals surface area contributed by atoms with Crippen LogP contribution in [0.4, 0.5) is 4.39 Å². The second kappa shape index (κ2) is 5.94. The molecule has 1 aromatic heterocycles. The molecule has 0 amide bonds. The molecule has 0 aromatic carbocycles. The fourth-order valence-electron chi connectivity index (χ4n) is 2.30. The topological polar surface area (TPSA) is 96.6 Å². The number of carboxylic acids is 1. The Bertz CT molecular complexity index is 621. The van der Waals surface area contributed by atoms with Crippen LogP contribution in [0.5, 0.6) is 0 Å². The van der Waals surface area contributed by atoms with Crippen LogP contribution in [0.25, 0.3) is 0 Å². The van der Waals surface area contributed by atoms with E-state index in [0.717, 1.165) is 0 Å². The molecule has 1 fully saturated rings. The maximum atomic E-state index is 14.5. The monoisotopic (exact) mass is 339 g/mol. The molecule has 2 rings (SSSR count). The van der Waals surface area contributed by atoms with E-state index in [-0.39, 0.29) is 36.0 Å². The fraction of sp³-hybridized carbons (Fsp3) is 0.583.